The molecule has 10 heteroatoms. The van der Waals surface area contributed by atoms with Gasteiger partial charge in [-0.1, -0.05) is 48.5 Å². The van der Waals surface area contributed by atoms with E-state index in [0.717, 1.165) is 40.8 Å². The molecule has 39 heavy (non-hydrogen) atoms. The van der Waals surface area contributed by atoms with Gasteiger partial charge in [0.15, 0.2) is 0 Å². The van der Waals surface area contributed by atoms with Crippen LogP contribution in [-0.2, 0) is 6.42 Å². The number of nitrogens with zero attached hydrogens (tertiary/aromatic N) is 4. The Morgan fingerprint density at radius 1 is 0.974 bits per heavy atom. The van der Waals surface area contributed by atoms with Crippen molar-refractivity contribution in [1.82, 2.24) is 19.0 Å². The quantitative estimate of drug-likeness (QED) is 0.237. The summed E-state index contributed by atoms with van der Waals surface area (Å²) < 4.78 is 15.1. The minimum atomic E-state index is -0.133. The second-order valence-corrected chi connectivity index (χ2v) is 9.51. The number of ether oxygens (including phenoxy) is 1. The maximum atomic E-state index is 9.03. The van der Waals surface area contributed by atoms with Crippen molar-refractivity contribution in [2.75, 3.05) is 18.4 Å². The normalized spacial score (nSPS) is 14.5. The van der Waals surface area contributed by atoms with Crippen LogP contribution in [0.5, 0.6) is 5.88 Å². The largest absolute Gasteiger partial charge is 0.469 e. The number of hydrogen-bond acceptors (Lipinski definition) is 8. The van der Waals surface area contributed by atoms with Crippen molar-refractivity contribution in [1.29, 1.82) is 5.26 Å². The van der Waals surface area contributed by atoms with Crippen LogP contribution in [0.1, 0.15) is 22.7 Å². The van der Waals surface area contributed by atoms with Crippen molar-refractivity contribution in [2.24, 2.45) is 0 Å². The van der Waals surface area contributed by atoms with Crippen molar-refractivity contribution in [3.05, 3.63) is 102 Å². The van der Waals surface area contributed by atoms with Crippen molar-refractivity contribution in [3.63, 3.8) is 0 Å². The predicted molar refractivity (Wildman–Crippen MR) is 160 cm³/mol. The van der Waals surface area contributed by atoms with E-state index >= 15 is 0 Å². The fourth-order valence-corrected chi connectivity index (χ4v) is 5.13. The highest BCUT2D eigenvalue weighted by Gasteiger charge is 2.29. The highest BCUT2D eigenvalue weighted by atomic mass is 35.5. The molecule has 3 heterocycles. The molecule has 0 aliphatic carbocycles. The van der Waals surface area contributed by atoms with Gasteiger partial charge in [0.05, 0.1) is 41.6 Å². The molecule has 0 saturated carbocycles. The molecular formula is C29H26Cl2N6OS. The predicted octanol–water partition coefficient (Wildman–Crippen LogP) is 6.22. The Bertz CT molecular complexity index is 1570. The minimum Gasteiger partial charge on any atom is -0.469 e. The molecule has 0 fully saturated rings. The Kier molecular flexibility index (Phi) is 9.33. The first-order valence-electron chi connectivity index (χ1n) is 12.2. The number of aromatic nitrogens is 3. The SMILES string of the molecule is Cl.Cl.N#Cc1ccc(CCN[C@H](c2ccccc2)[C@@H]2CNc3cc(-c4ccc5nsnc5c4)cnc3O2)cc1. The molecule has 0 radical (unpaired) electrons. The molecule has 3 aromatic carbocycles. The molecule has 198 valence electrons. The third kappa shape index (κ3) is 6.29. The molecule has 0 saturated heterocycles. The Morgan fingerprint density at radius 2 is 1.77 bits per heavy atom. The van der Waals surface area contributed by atoms with Gasteiger partial charge in [-0.05, 0) is 60.0 Å². The maximum Gasteiger partial charge on any atom is 0.237 e. The van der Waals surface area contributed by atoms with E-state index in [2.05, 4.69) is 48.6 Å². The number of nitriles is 1. The fraction of sp³-hybridized carbons (Fsp3) is 0.172. The molecule has 0 bridgehead atoms. The molecule has 6 rings (SSSR count). The summed E-state index contributed by atoms with van der Waals surface area (Å²) in [5.74, 6) is 0.603. The number of fused-ring (bicyclic) bond motifs is 2. The van der Waals surface area contributed by atoms with E-state index in [1.165, 1.54) is 22.9 Å². The van der Waals surface area contributed by atoms with Crippen LogP contribution in [0.4, 0.5) is 5.69 Å². The second-order valence-electron chi connectivity index (χ2n) is 8.98. The third-order valence-corrected chi connectivity index (χ3v) is 7.14. The number of halogens is 2. The summed E-state index contributed by atoms with van der Waals surface area (Å²) in [4.78, 5) is 4.66. The first-order chi connectivity index (χ1) is 18.3. The Morgan fingerprint density at radius 3 is 2.56 bits per heavy atom. The van der Waals surface area contributed by atoms with Gasteiger partial charge < -0.3 is 15.4 Å². The van der Waals surface area contributed by atoms with Gasteiger partial charge in [-0.3, -0.25) is 0 Å². The fourth-order valence-electron chi connectivity index (χ4n) is 4.62. The van der Waals surface area contributed by atoms with E-state index in [-0.39, 0.29) is 37.0 Å². The monoisotopic (exact) mass is 576 g/mol. The summed E-state index contributed by atoms with van der Waals surface area (Å²) in [7, 11) is 0. The molecular weight excluding hydrogens is 551 g/mol. The van der Waals surface area contributed by atoms with Gasteiger partial charge in [0, 0.05) is 11.8 Å². The average molecular weight is 578 g/mol. The van der Waals surface area contributed by atoms with E-state index < -0.39 is 0 Å². The molecule has 2 aromatic heterocycles. The molecule has 2 atom stereocenters. The lowest BCUT2D eigenvalue weighted by Gasteiger charge is -2.33. The molecule has 7 nitrogen and oxygen atoms in total. The summed E-state index contributed by atoms with van der Waals surface area (Å²) in [6.07, 6.45) is 2.57. The number of hydrogen-bond donors (Lipinski definition) is 2. The third-order valence-electron chi connectivity index (χ3n) is 6.59. The van der Waals surface area contributed by atoms with Crippen molar-refractivity contribution < 1.29 is 4.74 Å². The highest BCUT2D eigenvalue weighted by Crippen LogP contribution is 2.34. The lowest BCUT2D eigenvalue weighted by atomic mass is 9.99. The molecule has 1 aliphatic heterocycles. The summed E-state index contributed by atoms with van der Waals surface area (Å²) in [5.41, 5.74) is 7.76. The van der Waals surface area contributed by atoms with Gasteiger partial charge in [0.1, 0.15) is 17.1 Å². The van der Waals surface area contributed by atoms with Gasteiger partial charge in [0.2, 0.25) is 5.88 Å². The standard InChI is InChI=1S/C29H24N6OS.2ClH/c30-16-20-8-6-19(7-9-20)12-13-31-28(21-4-2-1-3-5-21)27-18-32-26-15-23(17-33-29(26)36-27)22-10-11-24-25(14-22)35-37-34-24;;/h1-11,14-15,17,27-28,31-32H,12-13,18H2;2*1H/t27-,28+;;/m0../s1. The number of anilines is 1. The van der Waals surface area contributed by atoms with E-state index in [1.54, 1.807) is 0 Å². The van der Waals surface area contributed by atoms with Gasteiger partial charge in [-0.2, -0.15) is 14.0 Å². The minimum absolute atomic E-state index is 0. The van der Waals surface area contributed by atoms with Crippen molar-refractivity contribution >= 4 is 53.3 Å². The van der Waals surface area contributed by atoms with Crippen LogP contribution in [0.15, 0.2) is 85.1 Å². The number of benzene rings is 3. The van der Waals surface area contributed by atoms with Gasteiger partial charge in [0.25, 0.3) is 0 Å². The van der Waals surface area contributed by atoms with Crippen molar-refractivity contribution in [3.8, 4) is 23.1 Å². The van der Waals surface area contributed by atoms with E-state index in [9.17, 15) is 0 Å². The zero-order valence-corrected chi connectivity index (χ0v) is 23.2. The molecule has 1 aliphatic rings. The van der Waals surface area contributed by atoms with E-state index in [4.69, 9.17) is 10.00 Å². The summed E-state index contributed by atoms with van der Waals surface area (Å²) in [6.45, 7) is 1.43. The van der Waals surface area contributed by atoms with E-state index in [0.29, 0.717) is 18.0 Å². The highest BCUT2D eigenvalue weighted by molar-refractivity contribution is 7.00. The summed E-state index contributed by atoms with van der Waals surface area (Å²) in [5, 5.41) is 16.3. The summed E-state index contributed by atoms with van der Waals surface area (Å²) >= 11 is 1.22. The summed E-state index contributed by atoms with van der Waals surface area (Å²) in [6, 6.07) is 28.4. The number of nitrogens with one attached hydrogen (secondary N) is 2. The topological polar surface area (TPSA) is 95.8 Å². The van der Waals surface area contributed by atoms with Gasteiger partial charge in [-0.15, -0.1) is 24.8 Å². The molecule has 0 spiro atoms. The molecule has 0 amide bonds. The smallest absolute Gasteiger partial charge is 0.237 e. The average Bonchev–Trinajstić information content (AvgIpc) is 3.44. The maximum absolute atomic E-state index is 9.03. The first kappa shape index (κ1) is 28.3. The lowest BCUT2D eigenvalue weighted by Crippen LogP contribution is -2.43. The van der Waals surface area contributed by atoms with Gasteiger partial charge in [-0.25, -0.2) is 4.98 Å². The van der Waals surface area contributed by atoms with E-state index in [1.807, 2.05) is 66.9 Å². The Hall–Kier alpha value is -3.74. The van der Waals surface area contributed by atoms with Crippen LogP contribution < -0.4 is 15.4 Å². The molecule has 5 aromatic rings. The lowest BCUT2D eigenvalue weighted by molar-refractivity contribution is 0.150. The number of rotatable bonds is 7. The van der Waals surface area contributed by atoms with Crippen LogP contribution in [0.2, 0.25) is 0 Å². The second kappa shape index (κ2) is 12.9. The van der Waals surface area contributed by atoms with Crippen LogP contribution in [0, 0.1) is 11.3 Å². The molecule has 0 unspecified atom stereocenters. The number of pyridine rings is 1. The first-order valence-corrected chi connectivity index (χ1v) is 12.9. The molecule has 2 N–H and O–H groups in total. The van der Waals surface area contributed by atoms with Crippen LogP contribution in [0.25, 0.3) is 22.2 Å². The van der Waals surface area contributed by atoms with Crippen LogP contribution in [0.3, 0.4) is 0 Å². The van der Waals surface area contributed by atoms with Gasteiger partial charge >= 0.3 is 0 Å². The zero-order chi connectivity index (χ0) is 25.0. The Balaban J connectivity index is 0.00000176. The van der Waals surface area contributed by atoms with Crippen LogP contribution >= 0.6 is 36.5 Å². The van der Waals surface area contributed by atoms with Crippen molar-refractivity contribution in [2.45, 2.75) is 18.6 Å². The zero-order valence-electron chi connectivity index (χ0n) is 20.8. The van der Waals surface area contributed by atoms with Crippen LogP contribution in [-0.4, -0.2) is 32.9 Å². The Labute approximate surface area is 243 Å².